The highest BCUT2D eigenvalue weighted by Crippen LogP contribution is 2.27. The van der Waals surface area contributed by atoms with E-state index < -0.39 is 12.0 Å². The molecule has 3 rings (SSSR count). The summed E-state index contributed by atoms with van der Waals surface area (Å²) < 4.78 is 10.6. The molecular weight excluding hydrogens is 288 g/mol. The van der Waals surface area contributed by atoms with Gasteiger partial charge >= 0.3 is 5.97 Å². The van der Waals surface area contributed by atoms with Crippen LogP contribution in [0.4, 0.5) is 0 Å². The highest BCUT2D eigenvalue weighted by atomic mass is 16.4. The molecule has 0 spiro atoms. The number of aromatic nitrogens is 3. The normalized spacial score (nSPS) is 12.3. The van der Waals surface area contributed by atoms with E-state index in [0.717, 1.165) is 0 Å². The fourth-order valence-corrected chi connectivity index (χ4v) is 1.90. The van der Waals surface area contributed by atoms with Crippen LogP contribution in [-0.2, 0) is 0 Å². The molecule has 3 aromatic rings. The van der Waals surface area contributed by atoms with Crippen molar-refractivity contribution >= 4 is 5.97 Å². The fraction of sp³-hybridized carbons (Fsp3) is 0.143. The molecule has 8 nitrogen and oxygen atoms in total. The molecule has 2 heterocycles. The lowest BCUT2D eigenvalue weighted by Crippen LogP contribution is -2.04. The number of aromatic carboxylic acids is 1. The molecule has 22 heavy (non-hydrogen) atoms. The van der Waals surface area contributed by atoms with Crippen LogP contribution in [0.2, 0.25) is 0 Å². The van der Waals surface area contributed by atoms with Gasteiger partial charge in [0.25, 0.3) is 0 Å². The van der Waals surface area contributed by atoms with Gasteiger partial charge in [-0.15, -0.1) is 10.2 Å². The average molecular weight is 300 g/mol. The lowest BCUT2D eigenvalue weighted by Gasteiger charge is -2.03. The second-order valence-electron chi connectivity index (χ2n) is 4.68. The molecular formula is C14H12N4O4. The number of hydrogen-bond acceptors (Lipinski definition) is 7. The second-order valence-corrected chi connectivity index (χ2v) is 4.68. The van der Waals surface area contributed by atoms with Crippen molar-refractivity contribution in [1.82, 2.24) is 15.2 Å². The molecule has 3 N–H and O–H groups in total. The van der Waals surface area contributed by atoms with Gasteiger partial charge in [-0.25, -0.2) is 9.78 Å². The Balaban J connectivity index is 2.11. The van der Waals surface area contributed by atoms with Gasteiger partial charge in [-0.2, -0.15) is 0 Å². The smallest absolute Gasteiger partial charge is 0.335 e. The average Bonchev–Trinajstić information content (AvgIpc) is 3.18. The first-order valence-electron chi connectivity index (χ1n) is 6.42. The van der Waals surface area contributed by atoms with E-state index in [0.29, 0.717) is 17.0 Å². The van der Waals surface area contributed by atoms with Gasteiger partial charge in [0.05, 0.1) is 17.8 Å². The third-order valence-electron chi connectivity index (χ3n) is 2.94. The number of carboxylic acids is 1. The Morgan fingerprint density at radius 1 is 1.23 bits per heavy atom. The van der Waals surface area contributed by atoms with Gasteiger partial charge in [0.15, 0.2) is 0 Å². The van der Waals surface area contributed by atoms with E-state index in [1.54, 1.807) is 13.0 Å². The fourth-order valence-electron chi connectivity index (χ4n) is 1.90. The number of hydrogen-bond donors (Lipinski definition) is 2. The Morgan fingerprint density at radius 3 is 2.50 bits per heavy atom. The van der Waals surface area contributed by atoms with Gasteiger partial charge in [-0.05, 0) is 25.1 Å². The lowest BCUT2D eigenvalue weighted by atomic mass is 10.1. The van der Waals surface area contributed by atoms with Crippen LogP contribution in [0, 0.1) is 0 Å². The van der Waals surface area contributed by atoms with Gasteiger partial charge < -0.3 is 19.7 Å². The Kier molecular flexibility index (Phi) is 3.43. The highest BCUT2D eigenvalue weighted by Gasteiger charge is 2.16. The van der Waals surface area contributed by atoms with Crippen molar-refractivity contribution in [3.8, 4) is 22.9 Å². The topological polar surface area (TPSA) is 128 Å². The summed E-state index contributed by atoms with van der Waals surface area (Å²) in [6.45, 7) is 1.71. The van der Waals surface area contributed by atoms with E-state index >= 15 is 0 Å². The van der Waals surface area contributed by atoms with Crippen LogP contribution in [0.25, 0.3) is 22.9 Å². The van der Waals surface area contributed by atoms with Crippen LogP contribution in [0.3, 0.4) is 0 Å². The molecule has 0 amide bonds. The lowest BCUT2D eigenvalue weighted by molar-refractivity contribution is 0.0697. The van der Waals surface area contributed by atoms with Gasteiger partial charge in [0, 0.05) is 11.1 Å². The van der Waals surface area contributed by atoms with Crippen molar-refractivity contribution in [1.29, 1.82) is 0 Å². The molecule has 0 aliphatic carbocycles. The summed E-state index contributed by atoms with van der Waals surface area (Å²) in [6, 6.07) is 4.15. The number of carbonyl (C=O) groups is 1. The first kappa shape index (κ1) is 14.0. The van der Waals surface area contributed by atoms with Crippen LogP contribution in [0.1, 0.15) is 29.2 Å². The summed E-state index contributed by atoms with van der Waals surface area (Å²) in [4.78, 5) is 15.3. The number of benzene rings is 1. The molecule has 8 heteroatoms. The quantitative estimate of drug-likeness (QED) is 0.749. The van der Waals surface area contributed by atoms with E-state index in [9.17, 15) is 9.90 Å². The van der Waals surface area contributed by atoms with Gasteiger partial charge in [-0.1, -0.05) is 0 Å². The van der Waals surface area contributed by atoms with Crippen molar-refractivity contribution in [3.05, 3.63) is 42.1 Å². The molecule has 0 unspecified atom stereocenters. The van der Waals surface area contributed by atoms with E-state index in [-0.39, 0.29) is 17.3 Å². The molecule has 0 bridgehead atoms. The summed E-state index contributed by atoms with van der Waals surface area (Å²) in [6.07, 6.45) is 2.88. The number of oxazole rings is 1. The summed E-state index contributed by atoms with van der Waals surface area (Å²) in [5.74, 6) is -0.325. The van der Waals surface area contributed by atoms with Crippen LogP contribution in [0.15, 0.2) is 39.5 Å². The zero-order chi connectivity index (χ0) is 15.7. The van der Waals surface area contributed by atoms with E-state index in [1.165, 1.54) is 24.6 Å². The largest absolute Gasteiger partial charge is 0.478 e. The summed E-state index contributed by atoms with van der Waals surface area (Å²) >= 11 is 0. The summed E-state index contributed by atoms with van der Waals surface area (Å²) in [5, 5.41) is 17.0. The minimum absolute atomic E-state index is 0.0613. The minimum atomic E-state index is -1.08. The maximum absolute atomic E-state index is 11.3. The van der Waals surface area contributed by atoms with Crippen LogP contribution in [-0.4, -0.2) is 26.3 Å². The van der Waals surface area contributed by atoms with Gasteiger partial charge in [0.2, 0.25) is 17.7 Å². The predicted octanol–water partition coefficient (Wildman–Crippen LogP) is 2.11. The van der Waals surface area contributed by atoms with E-state index in [2.05, 4.69) is 15.2 Å². The van der Waals surface area contributed by atoms with E-state index in [4.69, 9.17) is 14.6 Å². The second kappa shape index (κ2) is 5.41. The highest BCUT2D eigenvalue weighted by molar-refractivity contribution is 5.91. The predicted molar refractivity (Wildman–Crippen MR) is 74.8 cm³/mol. The van der Waals surface area contributed by atoms with Crippen LogP contribution < -0.4 is 5.73 Å². The summed E-state index contributed by atoms with van der Waals surface area (Å²) in [5.41, 5.74) is 6.69. The van der Waals surface area contributed by atoms with Crippen molar-refractivity contribution in [3.63, 3.8) is 0 Å². The molecule has 1 atom stereocenters. The summed E-state index contributed by atoms with van der Waals surface area (Å²) in [7, 11) is 0. The zero-order valence-corrected chi connectivity index (χ0v) is 11.6. The van der Waals surface area contributed by atoms with Crippen LogP contribution >= 0.6 is 0 Å². The maximum atomic E-state index is 11.3. The van der Waals surface area contributed by atoms with Gasteiger partial charge in [0.1, 0.15) is 6.26 Å². The SMILES string of the molecule is C[C@H](N)c1nnc(-c2cc(C(=O)O)cc(-c3ncco3)c2)o1. The molecule has 112 valence electrons. The van der Waals surface area contributed by atoms with Crippen molar-refractivity contribution in [2.24, 2.45) is 5.73 Å². The zero-order valence-electron chi connectivity index (χ0n) is 11.6. The Hall–Kier alpha value is -3.00. The van der Waals surface area contributed by atoms with E-state index in [1.807, 2.05) is 0 Å². The van der Waals surface area contributed by atoms with Crippen molar-refractivity contribution < 1.29 is 18.7 Å². The molecule has 0 saturated carbocycles. The third-order valence-corrected chi connectivity index (χ3v) is 2.94. The monoisotopic (exact) mass is 300 g/mol. The Labute approximate surface area is 124 Å². The molecule has 0 aliphatic heterocycles. The Morgan fingerprint density at radius 2 is 1.95 bits per heavy atom. The van der Waals surface area contributed by atoms with Crippen LogP contribution in [0.5, 0.6) is 0 Å². The third kappa shape index (κ3) is 2.59. The minimum Gasteiger partial charge on any atom is -0.478 e. The standard InChI is InChI=1S/C14H12N4O4/c1-7(15)11-17-18-13(22-11)9-4-8(12-16-2-3-21-12)5-10(6-9)14(19)20/h2-7H,15H2,1H3,(H,19,20)/t7-/m0/s1. The first-order chi connectivity index (χ1) is 10.5. The number of carboxylic acid groups (broad SMARTS) is 1. The molecule has 1 aromatic carbocycles. The molecule has 0 saturated heterocycles. The number of nitrogens with two attached hydrogens (primary N) is 1. The number of rotatable bonds is 4. The molecule has 0 radical (unpaired) electrons. The first-order valence-corrected chi connectivity index (χ1v) is 6.42. The molecule has 0 fully saturated rings. The number of nitrogens with zero attached hydrogens (tertiary/aromatic N) is 3. The van der Waals surface area contributed by atoms with Crippen molar-refractivity contribution in [2.75, 3.05) is 0 Å². The molecule has 0 aliphatic rings. The molecule has 2 aromatic heterocycles. The van der Waals surface area contributed by atoms with Crippen molar-refractivity contribution in [2.45, 2.75) is 13.0 Å². The maximum Gasteiger partial charge on any atom is 0.335 e. The van der Waals surface area contributed by atoms with Gasteiger partial charge in [-0.3, -0.25) is 0 Å². The Bertz CT molecular complexity index is 808.